The fourth-order valence-corrected chi connectivity index (χ4v) is 3.94. The van der Waals surface area contributed by atoms with E-state index in [-0.39, 0.29) is 12.5 Å². The second kappa shape index (κ2) is 5.78. The van der Waals surface area contributed by atoms with Gasteiger partial charge >= 0.3 is 0 Å². The molecule has 2 aromatic rings. The largest absolute Gasteiger partial charge is 0.382 e. The fraction of sp³-hybridized carbons (Fsp3) is 0.375. The number of carbonyl (C=O) groups is 1. The van der Waals surface area contributed by atoms with Gasteiger partial charge in [-0.15, -0.1) is 0 Å². The van der Waals surface area contributed by atoms with E-state index in [1.165, 1.54) is 0 Å². The van der Waals surface area contributed by atoms with Gasteiger partial charge in [0.25, 0.3) is 5.91 Å². The number of aromatic nitrogens is 1. The Morgan fingerprint density at radius 2 is 2.23 bits per heavy atom. The van der Waals surface area contributed by atoms with Gasteiger partial charge in [0.15, 0.2) is 0 Å². The topological polar surface area (TPSA) is 75.4 Å². The maximum atomic E-state index is 12.3. The van der Waals surface area contributed by atoms with Crippen LogP contribution in [0.3, 0.4) is 0 Å². The molecule has 22 heavy (non-hydrogen) atoms. The first-order valence-electron chi connectivity index (χ1n) is 7.11. The van der Waals surface area contributed by atoms with Gasteiger partial charge < -0.3 is 14.9 Å². The number of hydrogen-bond acceptors (Lipinski definition) is 5. The summed E-state index contributed by atoms with van der Waals surface area (Å²) in [6.07, 6.45) is 0. The number of nitrogens with zero attached hydrogens (tertiary/aromatic N) is 1. The average molecular weight is 318 g/mol. The van der Waals surface area contributed by atoms with Gasteiger partial charge in [0.2, 0.25) is 0 Å². The summed E-state index contributed by atoms with van der Waals surface area (Å²) in [7, 11) is 0. The molecule has 5 nitrogen and oxygen atoms in total. The van der Waals surface area contributed by atoms with Crippen LogP contribution in [0.25, 0.3) is 0 Å². The third-order valence-electron chi connectivity index (χ3n) is 3.92. The van der Waals surface area contributed by atoms with Gasteiger partial charge in [0.1, 0.15) is 16.9 Å². The zero-order chi connectivity index (χ0) is 15.7. The van der Waals surface area contributed by atoms with Crippen LogP contribution in [0, 0.1) is 13.8 Å². The van der Waals surface area contributed by atoms with Crippen LogP contribution in [-0.2, 0) is 11.4 Å². The SMILES string of the molecule is Cc1noc(C)c1C(=O)NCC1(O)CSCc2ccccc21. The third-order valence-corrected chi connectivity index (χ3v) is 5.12. The molecule has 0 bridgehead atoms. The predicted molar refractivity (Wildman–Crippen MR) is 84.8 cm³/mol. The van der Waals surface area contributed by atoms with Crippen molar-refractivity contribution < 1.29 is 14.4 Å². The molecule has 1 amide bonds. The Labute approximate surface area is 133 Å². The number of nitrogens with one attached hydrogen (secondary N) is 1. The maximum absolute atomic E-state index is 12.3. The van der Waals surface area contributed by atoms with Crippen molar-refractivity contribution >= 4 is 17.7 Å². The van der Waals surface area contributed by atoms with Crippen molar-refractivity contribution in [2.75, 3.05) is 12.3 Å². The molecule has 6 heteroatoms. The lowest BCUT2D eigenvalue weighted by molar-refractivity contribution is 0.0551. The van der Waals surface area contributed by atoms with Gasteiger partial charge in [0, 0.05) is 11.5 Å². The first kappa shape index (κ1) is 15.1. The summed E-state index contributed by atoms with van der Waals surface area (Å²) in [4.78, 5) is 12.3. The van der Waals surface area contributed by atoms with E-state index in [0.717, 1.165) is 16.9 Å². The Balaban J connectivity index is 1.78. The highest BCUT2D eigenvalue weighted by molar-refractivity contribution is 7.98. The fourth-order valence-electron chi connectivity index (χ4n) is 2.78. The van der Waals surface area contributed by atoms with Crippen molar-refractivity contribution in [1.82, 2.24) is 10.5 Å². The molecule has 0 saturated carbocycles. The first-order valence-corrected chi connectivity index (χ1v) is 8.26. The molecule has 1 aliphatic heterocycles. The van der Waals surface area contributed by atoms with Crippen molar-refractivity contribution in [3.05, 3.63) is 52.4 Å². The number of hydrogen-bond donors (Lipinski definition) is 2. The number of aryl methyl sites for hydroxylation is 2. The van der Waals surface area contributed by atoms with Crippen LogP contribution in [0.2, 0.25) is 0 Å². The summed E-state index contributed by atoms with van der Waals surface area (Å²) in [5.74, 6) is 1.67. The molecule has 1 unspecified atom stereocenters. The Kier molecular flexibility index (Phi) is 3.97. The number of fused-ring (bicyclic) bond motifs is 1. The standard InChI is InChI=1S/C16H18N2O3S/c1-10-14(11(2)21-18-10)15(19)17-8-16(20)9-22-7-12-5-3-4-6-13(12)16/h3-6,20H,7-9H2,1-2H3,(H,17,19). The summed E-state index contributed by atoms with van der Waals surface area (Å²) >= 11 is 1.67. The summed E-state index contributed by atoms with van der Waals surface area (Å²) < 4.78 is 5.01. The molecule has 2 N–H and O–H groups in total. The maximum Gasteiger partial charge on any atom is 0.256 e. The number of aliphatic hydroxyl groups is 1. The molecule has 0 saturated heterocycles. The highest BCUT2D eigenvalue weighted by atomic mass is 32.2. The van der Waals surface area contributed by atoms with Gasteiger partial charge in [-0.05, 0) is 25.0 Å². The summed E-state index contributed by atoms with van der Waals surface area (Å²) in [6, 6.07) is 7.82. The Hall–Kier alpha value is -1.79. The van der Waals surface area contributed by atoms with Gasteiger partial charge in [-0.25, -0.2) is 0 Å². The highest BCUT2D eigenvalue weighted by Gasteiger charge is 2.35. The molecule has 1 aromatic carbocycles. The minimum atomic E-state index is -1.05. The van der Waals surface area contributed by atoms with E-state index in [9.17, 15) is 9.90 Å². The molecule has 0 radical (unpaired) electrons. The molecule has 1 atom stereocenters. The molecule has 116 valence electrons. The van der Waals surface area contributed by atoms with Crippen LogP contribution in [0.1, 0.15) is 32.9 Å². The van der Waals surface area contributed by atoms with Crippen molar-refractivity contribution in [3.8, 4) is 0 Å². The molecule has 0 fully saturated rings. The second-order valence-corrected chi connectivity index (χ2v) is 6.55. The van der Waals surface area contributed by atoms with Crippen LogP contribution in [0.4, 0.5) is 0 Å². The lowest BCUT2D eigenvalue weighted by Gasteiger charge is -2.34. The molecule has 0 aliphatic carbocycles. The predicted octanol–water partition coefficient (Wildman–Crippen LogP) is 2.16. The zero-order valence-electron chi connectivity index (χ0n) is 12.5. The molecular formula is C16H18N2O3S. The number of rotatable bonds is 3. The van der Waals surface area contributed by atoms with Crippen molar-refractivity contribution in [1.29, 1.82) is 0 Å². The Morgan fingerprint density at radius 3 is 2.95 bits per heavy atom. The minimum absolute atomic E-state index is 0.167. The lowest BCUT2D eigenvalue weighted by atomic mass is 9.91. The number of carbonyl (C=O) groups excluding carboxylic acids is 1. The van der Waals surface area contributed by atoms with E-state index < -0.39 is 5.60 Å². The van der Waals surface area contributed by atoms with Crippen LogP contribution >= 0.6 is 11.8 Å². The van der Waals surface area contributed by atoms with E-state index in [2.05, 4.69) is 10.5 Å². The Morgan fingerprint density at radius 1 is 1.45 bits per heavy atom. The molecule has 1 aromatic heterocycles. The van der Waals surface area contributed by atoms with E-state index in [4.69, 9.17) is 4.52 Å². The van der Waals surface area contributed by atoms with E-state index in [1.807, 2.05) is 24.3 Å². The third kappa shape index (κ3) is 2.64. The molecule has 2 heterocycles. The average Bonchev–Trinajstić information content (AvgIpc) is 2.85. The number of benzene rings is 1. The summed E-state index contributed by atoms with van der Waals surface area (Å²) in [6.45, 7) is 3.60. The normalized spacial score (nSPS) is 20.5. The lowest BCUT2D eigenvalue weighted by Crippen LogP contribution is -2.44. The quantitative estimate of drug-likeness (QED) is 0.907. The monoisotopic (exact) mass is 318 g/mol. The van der Waals surface area contributed by atoms with Gasteiger partial charge in [-0.3, -0.25) is 4.79 Å². The van der Waals surface area contributed by atoms with Crippen LogP contribution in [0.15, 0.2) is 28.8 Å². The van der Waals surface area contributed by atoms with Crippen LogP contribution < -0.4 is 5.32 Å². The molecule has 1 aliphatic rings. The van der Waals surface area contributed by atoms with E-state index in [0.29, 0.717) is 22.8 Å². The number of amides is 1. The van der Waals surface area contributed by atoms with E-state index in [1.54, 1.807) is 25.6 Å². The van der Waals surface area contributed by atoms with Crippen LogP contribution in [-0.4, -0.2) is 28.5 Å². The summed E-state index contributed by atoms with van der Waals surface area (Å²) in [5, 5.41) is 17.5. The van der Waals surface area contributed by atoms with Gasteiger partial charge in [-0.1, -0.05) is 29.4 Å². The summed E-state index contributed by atoms with van der Waals surface area (Å²) in [5.41, 5.74) is 1.97. The highest BCUT2D eigenvalue weighted by Crippen LogP contribution is 2.35. The molecule has 0 spiro atoms. The Bertz CT molecular complexity index is 694. The van der Waals surface area contributed by atoms with Crippen molar-refractivity contribution in [2.45, 2.75) is 25.2 Å². The molecular weight excluding hydrogens is 300 g/mol. The molecule has 3 rings (SSSR count). The minimum Gasteiger partial charge on any atom is -0.382 e. The van der Waals surface area contributed by atoms with Gasteiger partial charge in [-0.2, -0.15) is 11.8 Å². The van der Waals surface area contributed by atoms with E-state index >= 15 is 0 Å². The van der Waals surface area contributed by atoms with Crippen LogP contribution in [0.5, 0.6) is 0 Å². The van der Waals surface area contributed by atoms with Gasteiger partial charge in [0.05, 0.1) is 12.2 Å². The zero-order valence-corrected chi connectivity index (χ0v) is 13.4. The van der Waals surface area contributed by atoms with Crippen molar-refractivity contribution in [3.63, 3.8) is 0 Å². The number of thioether (sulfide) groups is 1. The second-order valence-electron chi connectivity index (χ2n) is 5.56. The smallest absolute Gasteiger partial charge is 0.256 e. The first-order chi connectivity index (χ1) is 10.5. The van der Waals surface area contributed by atoms with Crippen molar-refractivity contribution in [2.24, 2.45) is 0 Å².